The Balaban J connectivity index is 1.59. The Morgan fingerprint density at radius 1 is 1.20 bits per heavy atom. The lowest BCUT2D eigenvalue weighted by Crippen LogP contribution is -2.47. The largest absolute Gasteiger partial charge is 0.455 e. The van der Waals surface area contributed by atoms with E-state index in [1.165, 1.54) is 5.57 Å². The van der Waals surface area contributed by atoms with Crippen LogP contribution in [-0.2, 0) is 9.53 Å². The SMILES string of the molecule is C=C1/C(=C\C=C2/CCC[C@@]3(C)C2CCC3[C@H](C)OCC(=O)NCC(F)(F)C(F)(F)F)CCC[C@@H]1O. The van der Waals surface area contributed by atoms with E-state index in [9.17, 15) is 31.9 Å². The molecule has 3 fully saturated rings. The summed E-state index contributed by atoms with van der Waals surface area (Å²) in [5.74, 6) is -5.49. The number of allylic oxidation sites excluding steroid dienone is 3. The van der Waals surface area contributed by atoms with Crippen LogP contribution < -0.4 is 5.32 Å². The highest BCUT2D eigenvalue weighted by molar-refractivity contribution is 5.77. The van der Waals surface area contributed by atoms with E-state index in [1.807, 2.05) is 6.92 Å². The maximum Gasteiger partial charge on any atom is 0.455 e. The van der Waals surface area contributed by atoms with Crippen molar-refractivity contribution in [3.8, 4) is 0 Å². The van der Waals surface area contributed by atoms with E-state index in [0.29, 0.717) is 5.92 Å². The minimum Gasteiger partial charge on any atom is -0.388 e. The molecule has 0 aliphatic heterocycles. The quantitative estimate of drug-likeness (QED) is 0.425. The van der Waals surface area contributed by atoms with Gasteiger partial charge in [-0.15, -0.1) is 0 Å². The fourth-order valence-electron chi connectivity index (χ4n) is 6.17. The third kappa shape index (κ3) is 6.16. The second kappa shape index (κ2) is 10.7. The first-order valence-electron chi connectivity index (χ1n) is 12.4. The molecule has 3 rings (SSSR count). The van der Waals surface area contributed by atoms with Gasteiger partial charge in [-0.3, -0.25) is 4.79 Å². The molecular weight excluding hydrogens is 469 g/mol. The molecule has 0 heterocycles. The number of hydrogen-bond acceptors (Lipinski definition) is 3. The highest BCUT2D eigenvalue weighted by Gasteiger charge is 2.57. The average molecular weight is 506 g/mol. The topological polar surface area (TPSA) is 58.6 Å². The number of carbonyl (C=O) groups excluding carboxylic acids is 1. The molecule has 0 radical (unpaired) electrons. The van der Waals surface area contributed by atoms with Gasteiger partial charge < -0.3 is 15.2 Å². The van der Waals surface area contributed by atoms with E-state index in [4.69, 9.17) is 4.74 Å². The zero-order valence-corrected chi connectivity index (χ0v) is 20.4. The number of halogens is 5. The van der Waals surface area contributed by atoms with Gasteiger partial charge in [-0.2, -0.15) is 22.0 Å². The maximum absolute atomic E-state index is 13.0. The van der Waals surface area contributed by atoms with Crippen molar-refractivity contribution >= 4 is 5.91 Å². The Bertz CT molecular complexity index is 866. The molecule has 3 aliphatic rings. The summed E-state index contributed by atoms with van der Waals surface area (Å²) < 4.78 is 68.5. The van der Waals surface area contributed by atoms with Crippen LogP contribution in [0, 0.1) is 17.3 Å². The molecule has 198 valence electrons. The second-order valence-corrected chi connectivity index (χ2v) is 10.5. The van der Waals surface area contributed by atoms with Crippen LogP contribution in [0.15, 0.2) is 35.5 Å². The van der Waals surface area contributed by atoms with E-state index in [-0.39, 0.29) is 17.4 Å². The lowest BCUT2D eigenvalue weighted by Gasteiger charge is -2.44. The van der Waals surface area contributed by atoms with E-state index in [1.54, 1.807) is 5.32 Å². The second-order valence-electron chi connectivity index (χ2n) is 10.5. The van der Waals surface area contributed by atoms with Gasteiger partial charge in [0.15, 0.2) is 0 Å². The third-order valence-electron chi connectivity index (χ3n) is 8.24. The lowest BCUT2D eigenvalue weighted by atomic mass is 9.62. The van der Waals surface area contributed by atoms with Crippen LogP contribution in [0.3, 0.4) is 0 Å². The normalized spacial score (nSPS) is 33.1. The van der Waals surface area contributed by atoms with Crippen LogP contribution in [0.1, 0.15) is 65.2 Å². The fourth-order valence-corrected chi connectivity index (χ4v) is 6.17. The average Bonchev–Trinajstić information content (AvgIpc) is 3.14. The first-order chi connectivity index (χ1) is 16.3. The van der Waals surface area contributed by atoms with E-state index >= 15 is 0 Å². The molecule has 0 aromatic carbocycles. The van der Waals surface area contributed by atoms with Crippen molar-refractivity contribution in [2.75, 3.05) is 13.2 Å². The summed E-state index contributed by atoms with van der Waals surface area (Å²) in [5.41, 5.74) is 3.20. The zero-order chi connectivity index (χ0) is 26.0. The van der Waals surface area contributed by atoms with Crippen LogP contribution in [0.4, 0.5) is 22.0 Å². The molecule has 35 heavy (non-hydrogen) atoms. The molecular formula is C26H36F5NO3. The first-order valence-corrected chi connectivity index (χ1v) is 12.4. The molecule has 0 saturated heterocycles. The van der Waals surface area contributed by atoms with Crippen LogP contribution in [0.25, 0.3) is 0 Å². The molecule has 3 saturated carbocycles. The highest BCUT2D eigenvalue weighted by atomic mass is 19.4. The maximum atomic E-state index is 13.0. The molecule has 0 aromatic rings. The Morgan fingerprint density at radius 3 is 2.60 bits per heavy atom. The van der Waals surface area contributed by atoms with Crippen LogP contribution in [-0.4, -0.2) is 48.5 Å². The van der Waals surface area contributed by atoms with Crippen molar-refractivity contribution in [1.82, 2.24) is 5.32 Å². The molecule has 2 N–H and O–H groups in total. The summed E-state index contributed by atoms with van der Waals surface area (Å²) in [7, 11) is 0. The smallest absolute Gasteiger partial charge is 0.388 e. The molecule has 3 aliphatic carbocycles. The summed E-state index contributed by atoms with van der Waals surface area (Å²) in [6.45, 7) is 5.73. The van der Waals surface area contributed by atoms with Gasteiger partial charge >= 0.3 is 12.1 Å². The molecule has 0 bridgehead atoms. The number of amides is 1. The third-order valence-corrected chi connectivity index (χ3v) is 8.24. The van der Waals surface area contributed by atoms with Crippen LogP contribution in [0.5, 0.6) is 0 Å². The van der Waals surface area contributed by atoms with Gasteiger partial charge in [-0.1, -0.05) is 31.2 Å². The number of carbonyl (C=O) groups is 1. The minimum absolute atomic E-state index is 0.0507. The highest BCUT2D eigenvalue weighted by Crippen LogP contribution is 2.58. The lowest BCUT2D eigenvalue weighted by molar-refractivity contribution is -0.278. The van der Waals surface area contributed by atoms with Gasteiger partial charge in [0, 0.05) is 0 Å². The summed E-state index contributed by atoms with van der Waals surface area (Å²) in [5, 5.41) is 11.7. The molecule has 0 spiro atoms. The number of ether oxygens (including phenoxy) is 1. The molecule has 4 nitrogen and oxygen atoms in total. The standard InChI is InChI=1S/C26H36F5NO3/c1-16-18(6-4-8-22(16)33)9-10-19-7-5-13-24(3)20(11-12-21(19)24)17(2)35-14-23(34)32-15-25(27,28)26(29,30)31/h9-10,17,20-22,33H,1,4-8,11-15H2,2-3H3,(H,32,34)/b18-9-,19-10+/t17-,20?,21?,22-,24+/m0/s1. The Labute approximate surface area is 203 Å². The van der Waals surface area contributed by atoms with E-state index in [2.05, 4.69) is 25.7 Å². The van der Waals surface area contributed by atoms with Crippen molar-refractivity contribution in [2.45, 2.75) is 89.5 Å². The molecule has 9 heteroatoms. The van der Waals surface area contributed by atoms with Gasteiger partial charge in [0.2, 0.25) is 5.91 Å². The molecule has 0 aromatic heterocycles. The van der Waals surface area contributed by atoms with Crippen molar-refractivity contribution in [3.05, 3.63) is 35.5 Å². The number of rotatable bonds is 7. The molecule has 2 unspecified atom stereocenters. The molecule has 5 atom stereocenters. The fraction of sp³-hybridized carbons (Fsp3) is 0.731. The van der Waals surface area contributed by atoms with Crippen LogP contribution >= 0.6 is 0 Å². The predicted molar refractivity (Wildman–Crippen MR) is 123 cm³/mol. The zero-order valence-electron chi connectivity index (χ0n) is 20.4. The van der Waals surface area contributed by atoms with Crippen LogP contribution in [0.2, 0.25) is 0 Å². The number of alkyl halides is 5. The van der Waals surface area contributed by atoms with Crippen molar-refractivity contribution in [1.29, 1.82) is 0 Å². The summed E-state index contributed by atoms with van der Waals surface area (Å²) in [6.07, 6.45) is 5.21. The first kappa shape index (κ1) is 27.8. The number of hydrogen-bond donors (Lipinski definition) is 2. The van der Waals surface area contributed by atoms with Gasteiger partial charge in [0.1, 0.15) is 6.61 Å². The van der Waals surface area contributed by atoms with Crippen molar-refractivity contribution < 1.29 is 36.6 Å². The van der Waals surface area contributed by atoms with E-state index < -0.39 is 37.3 Å². The Kier molecular flexibility index (Phi) is 8.52. The Hall–Kier alpha value is -1.74. The minimum atomic E-state index is -5.71. The Morgan fingerprint density at radius 2 is 1.91 bits per heavy atom. The summed E-state index contributed by atoms with van der Waals surface area (Å²) >= 11 is 0. The van der Waals surface area contributed by atoms with Crippen molar-refractivity contribution in [2.24, 2.45) is 17.3 Å². The number of aliphatic hydroxyl groups is 1. The summed E-state index contributed by atoms with van der Waals surface area (Å²) in [4.78, 5) is 11.9. The number of nitrogens with one attached hydrogen (secondary N) is 1. The monoisotopic (exact) mass is 505 g/mol. The summed E-state index contributed by atoms with van der Waals surface area (Å²) in [6, 6.07) is 0. The van der Waals surface area contributed by atoms with Gasteiger partial charge in [-0.05, 0) is 86.7 Å². The van der Waals surface area contributed by atoms with Crippen molar-refractivity contribution in [3.63, 3.8) is 0 Å². The number of fused-ring (bicyclic) bond motifs is 1. The van der Waals surface area contributed by atoms with Gasteiger partial charge in [0.05, 0.1) is 18.8 Å². The van der Waals surface area contributed by atoms with E-state index in [0.717, 1.165) is 62.5 Å². The van der Waals surface area contributed by atoms with Gasteiger partial charge in [-0.25, -0.2) is 0 Å². The molecule has 1 amide bonds. The van der Waals surface area contributed by atoms with Gasteiger partial charge in [0.25, 0.3) is 0 Å². The number of aliphatic hydroxyl groups excluding tert-OH is 1. The predicted octanol–water partition coefficient (Wildman–Crippen LogP) is 5.88.